The van der Waals surface area contributed by atoms with Gasteiger partial charge < -0.3 is 9.84 Å². The smallest absolute Gasteiger partial charge is 0.233 e. The molecule has 0 aromatic carbocycles. The van der Waals surface area contributed by atoms with Crippen LogP contribution in [0.25, 0.3) is 0 Å². The van der Waals surface area contributed by atoms with Gasteiger partial charge in [0.1, 0.15) is 5.75 Å². The molecule has 1 rings (SSSR count). The van der Waals surface area contributed by atoms with Gasteiger partial charge in [0.05, 0.1) is 18.4 Å². The fraction of sp³-hybridized carbons (Fsp3) is 0.300. The van der Waals surface area contributed by atoms with Crippen molar-refractivity contribution in [1.29, 1.82) is 5.26 Å². The molecule has 15 heavy (non-hydrogen) atoms. The van der Waals surface area contributed by atoms with Crippen molar-refractivity contribution in [2.45, 2.75) is 13.3 Å². The molecule has 1 heterocycles. The highest BCUT2D eigenvalue weighted by Crippen LogP contribution is 2.10. The van der Waals surface area contributed by atoms with Gasteiger partial charge in [0.2, 0.25) is 12.1 Å². The second kappa shape index (κ2) is 5.60. The molecule has 0 radical (unpaired) electrons. The van der Waals surface area contributed by atoms with Crippen LogP contribution >= 0.6 is 0 Å². The van der Waals surface area contributed by atoms with Crippen molar-refractivity contribution in [3.8, 4) is 11.9 Å². The third kappa shape index (κ3) is 3.27. The first kappa shape index (κ1) is 11.0. The van der Waals surface area contributed by atoms with E-state index in [-0.39, 0.29) is 11.6 Å². The van der Waals surface area contributed by atoms with Gasteiger partial charge in [-0.25, -0.2) is 0 Å². The van der Waals surface area contributed by atoms with Crippen LogP contribution in [0.4, 0.5) is 0 Å². The van der Waals surface area contributed by atoms with Crippen molar-refractivity contribution in [2.75, 3.05) is 6.61 Å². The standard InChI is InChI=1S/C10H11N3O2/c1-2-3-15-10(13-7-11)8-4-9(14)6-12-5-8/h4-6,14H,2-3H2,1H3/b13-10-. The third-order valence-electron chi connectivity index (χ3n) is 1.57. The molecule has 0 fully saturated rings. The highest BCUT2D eigenvalue weighted by Gasteiger charge is 2.06. The van der Waals surface area contributed by atoms with Gasteiger partial charge in [0, 0.05) is 6.20 Å². The lowest BCUT2D eigenvalue weighted by Gasteiger charge is -2.06. The Bertz CT molecular complexity index is 396. The first-order valence-corrected chi connectivity index (χ1v) is 4.52. The van der Waals surface area contributed by atoms with E-state index < -0.39 is 0 Å². The predicted octanol–water partition coefficient (Wildman–Crippen LogP) is 1.44. The molecule has 0 aliphatic carbocycles. The number of rotatable bonds is 3. The minimum Gasteiger partial charge on any atom is -0.506 e. The molecule has 0 aliphatic heterocycles. The molecule has 1 aromatic heterocycles. The van der Waals surface area contributed by atoms with Crippen molar-refractivity contribution in [3.05, 3.63) is 24.0 Å². The Morgan fingerprint density at radius 3 is 3.07 bits per heavy atom. The van der Waals surface area contributed by atoms with E-state index in [1.54, 1.807) is 6.19 Å². The summed E-state index contributed by atoms with van der Waals surface area (Å²) in [6.07, 6.45) is 5.24. The van der Waals surface area contributed by atoms with Crippen LogP contribution in [-0.2, 0) is 4.74 Å². The lowest BCUT2D eigenvalue weighted by atomic mass is 10.3. The quantitative estimate of drug-likeness (QED) is 0.460. The zero-order chi connectivity index (χ0) is 11.1. The lowest BCUT2D eigenvalue weighted by molar-refractivity contribution is 0.305. The molecule has 1 N–H and O–H groups in total. The average Bonchev–Trinajstić information content (AvgIpc) is 2.24. The van der Waals surface area contributed by atoms with Crippen molar-refractivity contribution < 1.29 is 9.84 Å². The van der Waals surface area contributed by atoms with Crippen LogP contribution in [0.2, 0.25) is 0 Å². The van der Waals surface area contributed by atoms with E-state index in [9.17, 15) is 5.11 Å². The van der Waals surface area contributed by atoms with E-state index in [2.05, 4.69) is 9.98 Å². The molecule has 0 spiro atoms. The molecule has 78 valence electrons. The Hall–Kier alpha value is -2.09. The molecular formula is C10H11N3O2. The van der Waals surface area contributed by atoms with Crippen LogP contribution in [0.15, 0.2) is 23.5 Å². The van der Waals surface area contributed by atoms with Gasteiger partial charge >= 0.3 is 0 Å². The van der Waals surface area contributed by atoms with Crippen molar-refractivity contribution >= 4 is 5.90 Å². The molecule has 0 unspecified atom stereocenters. The van der Waals surface area contributed by atoms with Gasteiger partial charge in [0.25, 0.3) is 0 Å². The number of nitriles is 1. The summed E-state index contributed by atoms with van der Waals surface area (Å²) in [7, 11) is 0. The van der Waals surface area contributed by atoms with E-state index in [1.165, 1.54) is 18.5 Å². The maximum Gasteiger partial charge on any atom is 0.233 e. The van der Waals surface area contributed by atoms with Crippen molar-refractivity contribution in [2.24, 2.45) is 4.99 Å². The van der Waals surface area contributed by atoms with Crippen LogP contribution in [-0.4, -0.2) is 22.6 Å². The number of hydrogen-bond donors (Lipinski definition) is 1. The minimum atomic E-state index is 0.0123. The molecule has 0 saturated carbocycles. The molecule has 0 atom stereocenters. The summed E-state index contributed by atoms with van der Waals surface area (Å²) in [5.74, 6) is 0.195. The van der Waals surface area contributed by atoms with Crippen LogP contribution in [0, 0.1) is 11.5 Å². The fourth-order valence-electron chi connectivity index (χ4n) is 0.969. The van der Waals surface area contributed by atoms with Crippen LogP contribution < -0.4 is 0 Å². The number of aromatic nitrogens is 1. The maximum atomic E-state index is 9.20. The van der Waals surface area contributed by atoms with Gasteiger partial charge in [-0.05, 0) is 12.5 Å². The Morgan fingerprint density at radius 1 is 1.67 bits per heavy atom. The summed E-state index contributed by atoms with van der Waals surface area (Å²) < 4.78 is 5.25. The molecule has 5 heteroatoms. The normalized spacial score (nSPS) is 10.8. The van der Waals surface area contributed by atoms with E-state index in [0.29, 0.717) is 12.2 Å². The van der Waals surface area contributed by atoms with Crippen molar-refractivity contribution in [3.63, 3.8) is 0 Å². The third-order valence-corrected chi connectivity index (χ3v) is 1.57. The number of aliphatic imine (C=N–C) groups is 1. The lowest BCUT2D eigenvalue weighted by Crippen LogP contribution is -2.07. The molecule has 0 saturated heterocycles. The fourth-order valence-corrected chi connectivity index (χ4v) is 0.969. The zero-order valence-corrected chi connectivity index (χ0v) is 8.34. The number of nitrogens with zero attached hydrogens (tertiary/aromatic N) is 3. The molecule has 0 aliphatic rings. The Balaban J connectivity index is 2.90. The second-order valence-electron chi connectivity index (χ2n) is 2.80. The van der Waals surface area contributed by atoms with E-state index in [1.807, 2.05) is 6.92 Å². The first-order valence-electron chi connectivity index (χ1n) is 4.52. The molecule has 1 aromatic rings. The monoisotopic (exact) mass is 205 g/mol. The Kier molecular flexibility index (Phi) is 4.10. The topological polar surface area (TPSA) is 78.5 Å². The zero-order valence-electron chi connectivity index (χ0n) is 8.34. The summed E-state index contributed by atoms with van der Waals surface area (Å²) in [4.78, 5) is 7.30. The van der Waals surface area contributed by atoms with E-state index in [0.717, 1.165) is 6.42 Å². The molecular weight excluding hydrogens is 194 g/mol. The summed E-state index contributed by atoms with van der Waals surface area (Å²) in [6.45, 7) is 2.42. The van der Waals surface area contributed by atoms with Crippen LogP contribution in [0.3, 0.4) is 0 Å². The summed E-state index contributed by atoms with van der Waals surface area (Å²) in [5, 5.41) is 17.7. The van der Waals surface area contributed by atoms with Gasteiger partial charge in [-0.2, -0.15) is 5.26 Å². The molecule has 0 amide bonds. The van der Waals surface area contributed by atoms with Crippen molar-refractivity contribution in [1.82, 2.24) is 4.98 Å². The number of hydrogen-bond acceptors (Lipinski definition) is 5. The van der Waals surface area contributed by atoms with Gasteiger partial charge in [0.15, 0.2) is 0 Å². The summed E-state index contributed by atoms with van der Waals surface area (Å²) in [5.41, 5.74) is 0.491. The number of aromatic hydroxyl groups is 1. The average molecular weight is 205 g/mol. The van der Waals surface area contributed by atoms with Gasteiger partial charge in [-0.3, -0.25) is 4.98 Å². The highest BCUT2D eigenvalue weighted by atomic mass is 16.5. The minimum absolute atomic E-state index is 0.0123. The highest BCUT2D eigenvalue weighted by molar-refractivity contribution is 5.94. The Morgan fingerprint density at radius 2 is 2.47 bits per heavy atom. The van der Waals surface area contributed by atoms with Gasteiger partial charge in [-0.1, -0.05) is 6.92 Å². The van der Waals surface area contributed by atoms with Crippen LogP contribution in [0.5, 0.6) is 5.75 Å². The maximum absolute atomic E-state index is 9.20. The SMILES string of the molecule is CCCO/C(=N\C#N)c1cncc(O)c1. The van der Waals surface area contributed by atoms with E-state index in [4.69, 9.17) is 10.00 Å². The summed E-state index contributed by atoms with van der Waals surface area (Å²) in [6, 6.07) is 1.44. The van der Waals surface area contributed by atoms with E-state index >= 15 is 0 Å². The Labute approximate surface area is 87.7 Å². The summed E-state index contributed by atoms with van der Waals surface area (Å²) >= 11 is 0. The number of ether oxygens (including phenoxy) is 1. The van der Waals surface area contributed by atoms with Crippen LogP contribution in [0.1, 0.15) is 18.9 Å². The second-order valence-corrected chi connectivity index (χ2v) is 2.80. The first-order chi connectivity index (χ1) is 7.27. The largest absolute Gasteiger partial charge is 0.506 e. The molecule has 0 bridgehead atoms. The molecule has 5 nitrogen and oxygen atoms in total. The predicted molar refractivity (Wildman–Crippen MR) is 54.3 cm³/mol. The van der Waals surface area contributed by atoms with Gasteiger partial charge in [-0.15, -0.1) is 4.99 Å². The number of pyridine rings is 1.